The molecule has 3 nitrogen and oxygen atoms in total. The number of carbonyl (C=O) groups excluding carboxylic acids is 1. The first-order valence-electron chi connectivity index (χ1n) is 8.82. The number of benzene rings is 1. The molecule has 1 amide bonds. The van der Waals surface area contributed by atoms with E-state index in [1.807, 2.05) is 13.0 Å². The zero-order valence-electron chi connectivity index (χ0n) is 13.9. The summed E-state index contributed by atoms with van der Waals surface area (Å²) >= 11 is 9.64. The number of carbonyl (C=O) groups is 1. The van der Waals surface area contributed by atoms with Crippen molar-refractivity contribution in [2.75, 3.05) is 6.61 Å². The molecular formula is C19H23BrClNO2. The molecule has 4 saturated carbocycles. The van der Waals surface area contributed by atoms with Crippen LogP contribution in [-0.2, 0) is 4.79 Å². The predicted molar refractivity (Wildman–Crippen MR) is 98.4 cm³/mol. The topological polar surface area (TPSA) is 38.3 Å². The first kappa shape index (κ1) is 16.7. The Morgan fingerprint density at radius 2 is 1.83 bits per heavy atom. The fourth-order valence-corrected chi connectivity index (χ4v) is 6.63. The standard InChI is InChI=1S/C19H23BrClNO2/c1-11-2-15(20)6-16(21)18(11)24-10-17(23)22-19-7-12-3-13(8-19)5-14(4-12)9-19/h2,6,12-14H,3-5,7-10H2,1H3,(H,22,23). The Bertz CT molecular complexity index is 617. The predicted octanol–water partition coefficient (Wildman–Crippen LogP) is 4.87. The molecular weight excluding hydrogens is 390 g/mol. The lowest BCUT2D eigenvalue weighted by Gasteiger charge is -2.56. The third kappa shape index (κ3) is 3.20. The summed E-state index contributed by atoms with van der Waals surface area (Å²) < 4.78 is 6.65. The van der Waals surface area contributed by atoms with Gasteiger partial charge in [-0.05, 0) is 80.9 Å². The summed E-state index contributed by atoms with van der Waals surface area (Å²) in [6.45, 7) is 1.97. The molecule has 1 aromatic rings. The Balaban J connectivity index is 1.39. The van der Waals surface area contributed by atoms with Gasteiger partial charge in [-0.25, -0.2) is 0 Å². The normalized spacial score (nSPS) is 33.5. The molecule has 4 fully saturated rings. The van der Waals surface area contributed by atoms with Crippen LogP contribution in [0.2, 0.25) is 5.02 Å². The van der Waals surface area contributed by atoms with Crippen LogP contribution in [0.3, 0.4) is 0 Å². The SMILES string of the molecule is Cc1cc(Br)cc(Cl)c1OCC(=O)NC12CC3CC(CC(C3)C1)C2. The van der Waals surface area contributed by atoms with Crippen molar-refractivity contribution in [2.24, 2.45) is 17.8 Å². The lowest BCUT2D eigenvalue weighted by atomic mass is 9.53. The smallest absolute Gasteiger partial charge is 0.258 e. The summed E-state index contributed by atoms with van der Waals surface area (Å²) in [7, 11) is 0. The highest BCUT2D eigenvalue weighted by molar-refractivity contribution is 9.10. The van der Waals surface area contributed by atoms with Gasteiger partial charge in [0.2, 0.25) is 0 Å². The summed E-state index contributed by atoms with van der Waals surface area (Å²) in [6, 6.07) is 3.74. The molecule has 4 aliphatic carbocycles. The van der Waals surface area contributed by atoms with Crippen LogP contribution in [0.1, 0.15) is 44.1 Å². The second kappa shape index (κ2) is 6.21. The van der Waals surface area contributed by atoms with Gasteiger partial charge in [0.1, 0.15) is 5.75 Å². The van der Waals surface area contributed by atoms with Crippen molar-refractivity contribution in [3.63, 3.8) is 0 Å². The largest absolute Gasteiger partial charge is 0.482 e. The van der Waals surface area contributed by atoms with Gasteiger partial charge in [-0.2, -0.15) is 0 Å². The summed E-state index contributed by atoms with van der Waals surface area (Å²) in [5.41, 5.74) is 0.963. The third-order valence-electron chi connectivity index (χ3n) is 5.98. The highest BCUT2D eigenvalue weighted by Crippen LogP contribution is 2.55. The molecule has 0 heterocycles. The van der Waals surface area contributed by atoms with E-state index in [-0.39, 0.29) is 18.1 Å². The second-order valence-corrected chi connectivity index (χ2v) is 9.39. The van der Waals surface area contributed by atoms with Gasteiger partial charge < -0.3 is 10.1 Å². The zero-order valence-corrected chi connectivity index (χ0v) is 16.3. The van der Waals surface area contributed by atoms with E-state index < -0.39 is 0 Å². The Labute approximate surface area is 156 Å². The van der Waals surface area contributed by atoms with Crippen molar-refractivity contribution in [3.8, 4) is 5.75 Å². The quantitative estimate of drug-likeness (QED) is 0.766. The lowest BCUT2D eigenvalue weighted by Crippen LogP contribution is -2.60. The van der Waals surface area contributed by atoms with E-state index in [2.05, 4.69) is 21.2 Å². The van der Waals surface area contributed by atoms with Crippen LogP contribution >= 0.6 is 27.5 Å². The Morgan fingerprint density at radius 3 is 2.38 bits per heavy atom. The lowest BCUT2D eigenvalue weighted by molar-refractivity contribution is -0.128. The van der Waals surface area contributed by atoms with Crippen molar-refractivity contribution < 1.29 is 9.53 Å². The molecule has 4 aliphatic rings. The molecule has 5 heteroatoms. The fourth-order valence-electron chi connectivity index (χ4n) is 5.61. The molecule has 4 bridgehead atoms. The van der Waals surface area contributed by atoms with Crippen LogP contribution in [0.5, 0.6) is 5.75 Å². The van der Waals surface area contributed by atoms with E-state index in [1.165, 1.54) is 19.3 Å². The average Bonchev–Trinajstić information content (AvgIpc) is 2.43. The number of halogens is 2. The number of hydrogen-bond acceptors (Lipinski definition) is 2. The highest BCUT2D eigenvalue weighted by atomic mass is 79.9. The molecule has 5 rings (SSSR count). The Kier molecular flexibility index (Phi) is 4.32. The van der Waals surface area contributed by atoms with Crippen LogP contribution in [0.15, 0.2) is 16.6 Å². The zero-order chi connectivity index (χ0) is 16.9. The van der Waals surface area contributed by atoms with Gasteiger partial charge in [0.15, 0.2) is 6.61 Å². The monoisotopic (exact) mass is 411 g/mol. The molecule has 1 aromatic carbocycles. The van der Waals surface area contributed by atoms with Gasteiger partial charge in [0, 0.05) is 10.0 Å². The van der Waals surface area contributed by atoms with Crippen molar-refractivity contribution in [1.29, 1.82) is 0 Å². The minimum Gasteiger partial charge on any atom is -0.482 e. The van der Waals surface area contributed by atoms with Crippen molar-refractivity contribution in [1.82, 2.24) is 5.32 Å². The molecule has 0 aromatic heterocycles. The van der Waals surface area contributed by atoms with Crippen LogP contribution in [0.4, 0.5) is 0 Å². The number of aryl methyl sites for hydroxylation is 1. The highest BCUT2D eigenvalue weighted by Gasteiger charge is 2.51. The van der Waals surface area contributed by atoms with Crippen molar-refractivity contribution in [2.45, 2.75) is 51.0 Å². The van der Waals surface area contributed by atoms with E-state index in [0.717, 1.165) is 47.1 Å². The maximum absolute atomic E-state index is 12.5. The van der Waals surface area contributed by atoms with Gasteiger partial charge >= 0.3 is 0 Å². The summed E-state index contributed by atoms with van der Waals surface area (Å²) in [6.07, 6.45) is 7.59. The van der Waals surface area contributed by atoms with Gasteiger partial charge in [-0.15, -0.1) is 0 Å². The van der Waals surface area contributed by atoms with Gasteiger partial charge in [-0.3, -0.25) is 4.79 Å². The van der Waals surface area contributed by atoms with Crippen molar-refractivity contribution in [3.05, 3.63) is 27.2 Å². The third-order valence-corrected chi connectivity index (χ3v) is 6.72. The van der Waals surface area contributed by atoms with Crippen LogP contribution < -0.4 is 10.1 Å². The Morgan fingerprint density at radius 1 is 1.25 bits per heavy atom. The van der Waals surface area contributed by atoms with E-state index in [4.69, 9.17) is 16.3 Å². The van der Waals surface area contributed by atoms with Crippen molar-refractivity contribution >= 4 is 33.4 Å². The molecule has 0 unspecified atom stereocenters. The maximum Gasteiger partial charge on any atom is 0.258 e. The number of rotatable bonds is 4. The molecule has 0 atom stereocenters. The number of nitrogens with one attached hydrogen (secondary N) is 1. The first-order valence-corrected chi connectivity index (χ1v) is 9.99. The first-order chi connectivity index (χ1) is 11.4. The second-order valence-electron chi connectivity index (χ2n) is 8.07. The van der Waals surface area contributed by atoms with Gasteiger partial charge in [-0.1, -0.05) is 27.5 Å². The summed E-state index contributed by atoms with van der Waals surface area (Å²) in [5.74, 6) is 3.04. The van der Waals surface area contributed by atoms with Gasteiger partial charge in [0.25, 0.3) is 5.91 Å². The molecule has 24 heavy (non-hydrogen) atoms. The summed E-state index contributed by atoms with van der Waals surface area (Å²) in [4.78, 5) is 12.5. The number of hydrogen-bond donors (Lipinski definition) is 1. The van der Waals surface area contributed by atoms with E-state index in [1.54, 1.807) is 6.07 Å². The van der Waals surface area contributed by atoms with E-state index in [0.29, 0.717) is 10.8 Å². The molecule has 130 valence electrons. The average molecular weight is 413 g/mol. The fraction of sp³-hybridized carbons (Fsp3) is 0.632. The molecule has 0 spiro atoms. The van der Waals surface area contributed by atoms with E-state index in [9.17, 15) is 4.79 Å². The molecule has 0 saturated heterocycles. The maximum atomic E-state index is 12.5. The number of ether oxygens (including phenoxy) is 1. The van der Waals surface area contributed by atoms with E-state index >= 15 is 0 Å². The van der Waals surface area contributed by atoms with Crippen LogP contribution in [0.25, 0.3) is 0 Å². The molecule has 0 radical (unpaired) electrons. The number of amides is 1. The molecule has 1 N–H and O–H groups in total. The van der Waals surface area contributed by atoms with Crippen LogP contribution in [-0.4, -0.2) is 18.1 Å². The minimum atomic E-state index is -0.0182. The minimum absolute atomic E-state index is 0.0182. The van der Waals surface area contributed by atoms with Gasteiger partial charge in [0.05, 0.1) is 5.02 Å². The summed E-state index contributed by atoms with van der Waals surface area (Å²) in [5, 5.41) is 3.86. The Hall–Kier alpha value is -0.740. The molecule has 0 aliphatic heterocycles. The van der Waals surface area contributed by atoms with Crippen LogP contribution in [0, 0.1) is 24.7 Å².